The van der Waals surface area contributed by atoms with Gasteiger partial charge in [-0.25, -0.2) is 17.6 Å². The van der Waals surface area contributed by atoms with Crippen molar-refractivity contribution >= 4 is 15.8 Å². The number of hydrogen-bond donors (Lipinski definition) is 0. The van der Waals surface area contributed by atoms with Crippen LogP contribution in [0.2, 0.25) is 0 Å². The zero-order valence-corrected chi connectivity index (χ0v) is 11.8. The van der Waals surface area contributed by atoms with Crippen LogP contribution in [0.5, 0.6) is 0 Å². The molecule has 0 aliphatic carbocycles. The van der Waals surface area contributed by atoms with E-state index in [-0.39, 0.29) is 18.2 Å². The van der Waals surface area contributed by atoms with Crippen LogP contribution in [0, 0.1) is 0 Å². The Bertz CT molecular complexity index is 674. The molecule has 1 atom stereocenters. The van der Waals surface area contributed by atoms with Gasteiger partial charge in [0.2, 0.25) is 9.84 Å². The number of carbonyl (C=O) groups excluding carboxylic acids is 1. The van der Waals surface area contributed by atoms with Crippen LogP contribution in [0.3, 0.4) is 0 Å². The fourth-order valence-corrected chi connectivity index (χ4v) is 2.60. The van der Waals surface area contributed by atoms with Crippen LogP contribution in [0.1, 0.15) is 11.1 Å². The highest BCUT2D eigenvalue weighted by Gasteiger charge is 2.41. The fourth-order valence-electron chi connectivity index (χ4n) is 1.43. The maximum atomic E-state index is 13.5. The number of methoxy groups -OCH3 is 1. The van der Waals surface area contributed by atoms with E-state index < -0.39 is 49.7 Å². The molecule has 130 valence electrons. The Morgan fingerprint density at radius 1 is 1.00 bits per heavy atom. The lowest BCUT2D eigenvalue weighted by Crippen LogP contribution is -2.28. The molecule has 0 saturated heterocycles. The minimum Gasteiger partial charge on any atom is -0.466 e. The second kappa shape index (κ2) is 5.98. The van der Waals surface area contributed by atoms with E-state index in [4.69, 9.17) is 0 Å². The molecule has 0 amide bonds. The smallest absolute Gasteiger partial charge is 0.416 e. The average molecular weight is 368 g/mol. The first-order valence-corrected chi connectivity index (χ1v) is 7.01. The molecule has 4 nitrogen and oxygen atoms in total. The summed E-state index contributed by atoms with van der Waals surface area (Å²) >= 11 is 0. The van der Waals surface area contributed by atoms with E-state index in [1.807, 2.05) is 0 Å². The summed E-state index contributed by atoms with van der Waals surface area (Å²) in [4.78, 5) is 9.23. The Hall–Kier alpha value is -1.85. The zero-order chi connectivity index (χ0) is 18.2. The SMILES string of the molecule is COC(=O)C(F)S(=O)(=O)c1cc(C(F)(F)F)cc(C(F)(F)F)c1. The molecule has 1 aromatic carbocycles. The van der Waals surface area contributed by atoms with Gasteiger partial charge in [-0.15, -0.1) is 0 Å². The molecule has 0 aromatic heterocycles. The van der Waals surface area contributed by atoms with Crippen molar-refractivity contribution in [2.75, 3.05) is 7.11 Å². The van der Waals surface area contributed by atoms with E-state index in [1.54, 1.807) is 0 Å². The number of benzene rings is 1. The summed E-state index contributed by atoms with van der Waals surface area (Å²) in [5.74, 6) is -1.98. The van der Waals surface area contributed by atoms with E-state index in [0.717, 1.165) is 0 Å². The summed E-state index contributed by atoms with van der Waals surface area (Å²) in [5.41, 5.74) is -7.37. The highest BCUT2D eigenvalue weighted by Crippen LogP contribution is 2.37. The van der Waals surface area contributed by atoms with Gasteiger partial charge in [0.15, 0.2) is 0 Å². The van der Waals surface area contributed by atoms with Gasteiger partial charge in [-0.05, 0) is 18.2 Å². The number of sulfone groups is 1. The molecule has 0 N–H and O–H groups in total. The lowest BCUT2D eigenvalue weighted by atomic mass is 10.1. The van der Waals surface area contributed by atoms with Crippen molar-refractivity contribution in [3.8, 4) is 0 Å². The number of hydrogen-bond acceptors (Lipinski definition) is 4. The Kier molecular flexibility index (Phi) is 4.99. The van der Waals surface area contributed by atoms with E-state index in [0.29, 0.717) is 7.11 Å². The minimum atomic E-state index is -5.46. The van der Waals surface area contributed by atoms with Crippen LogP contribution < -0.4 is 0 Å². The zero-order valence-electron chi connectivity index (χ0n) is 11.0. The Balaban J connectivity index is 3.62. The van der Waals surface area contributed by atoms with Crippen molar-refractivity contribution in [2.45, 2.75) is 22.8 Å². The fraction of sp³-hybridized carbons (Fsp3) is 0.364. The Morgan fingerprint density at radius 3 is 1.70 bits per heavy atom. The monoisotopic (exact) mass is 368 g/mol. The molecule has 0 saturated carbocycles. The highest BCUT2D eigenvalue weighted by atomic mass is 32.2. The third-order valence-electron chi connectivity index (χ3n) is 2.55. The molecular weight excluding hydrogens is 361 g/mol. The first-order chi connectivity index (χ1) is 10.2. The van der Waals surface area contributed by atoms with E-state index in [9.17, 15) is 43.9 Å². The van der Waals surface area contributed by atoms with Gasteiger partial charge < -0.3 is 4.74 Å². The van der Waals surface area contributed by atoms with E-state index in [2.05, 4.69) is 4.74 Å². The summed E-state index contributed by atoms with van der Waals surface area (Å²) in [6.07, 6.45) is -10.6. The molecule has 0 fully saturated rings. The second-order valence-corrected chi connectivity index (χ2v) is 6.10. The summed E-state index contributed by atoms with van der Waals surface area (Å²) in [6, 6.07) is -0.718. The molecule has 0 spiro atoms. The Labute approximate surface area is 124 Å². The third-order valence-corrected chi connectivity index (χ3v) is 4.18. The number of alkyl halides is 7. The van der Waals surface area contributed by atoms with Gasteiger partial charge in [-0.3, -0.25) is 0 Å². The van der Waals surface area contributed by atoms with Gasteiger partial charge in [0.1, 0.15) is 0 Å². The van der Waals surface area contributed by atoms with E-state index >= 15 is 0 Å². The molecule has 1 unspecified atom stereocenters. The minimum absolute atomic E-state index is 0.194. The summed E-state index contributed by atoms with van der Waals surface area (Å²) < 4.78 is 116. The number of ether oxygens (including phenoxy) is 1. The van der Waals surface area contributed by atoms with Crippen molar-refractivity contribution in [3.05, 3.63) is 29.3 Å². The molecule has 1 rings (SSSR count). The summed E-state index contributed by atoms with van der Waals surface area (Å²) in [5, 5.41) is 0. The molecule has 0 radical (unpaired) electrons. The number of esters is 1. The molecule has 1 aromatic rings. The first-order valence-electron chi connectivity index (χ1n) is 5.46. The maximum absolute atomic E-state index is 13.5. The predicted octanol–water partition coefficient (Wildman–Crippen LogP) is 2.97. The molecule has 12 heteroatoms. The lowest BCUT2D eigenvalue weighted by molar-refractivity contribution is -0.144. The second-order valence-electron chi connectivity index (χ2n) is 4.13. The number of rotatable bonds is 3. The van der Waals surface area contributed by atoms with Crippen LogP contribution in [0.4, 0.5) is 30.7 Å². The molecule has 0 heterocycles. The highest BCUT2D eigenvalue weighted by molar-refractivity contribution is 7.92. The molecular formula is C11H7F7O4S. The van der Waals surface area contributed by atoms with Crippen LogP contribution in [-0.2, 0) is 31.7 Å². The van der Waals surface area contributed by atoms with Gasteiger partial charge >= 0.3 is 23.8 Å². The molecule has 0 aliphatic heterocycles. The molecule has 0 aliphatic rings. The van der Waals surface area contributed by atoms with Crippen LogP contribution in [0.15, 0.2) is 23.1 Å². The van der Waals surface area contributed by atoms with Gasteiger partial charge in [0.05, 0.1) is 23.1 Å². The van der Waals surface area contributed by atoms with Crippen molar-refractivity contribution in [1.29, 1.82) is 0 Å². The molecule has 0 bridgehead atoms. The van der Waals surface area contributed by atoms with Gasteiger partial charge in [0.25, 0.3) is 0 Å². The quantitative estimate of drug-likeness (QED) is 0.608. The number of carbonyl (C=O) groups is 1. The third kappa shape index (κ3) is 4.12. The number of halogens is 7. The van der Waals surface area contributed by atoms with Gasteiger partial charge in [-0.1, -0.05) is 0 Å². The first kappa shape index (κ1) is 19.2. The van der Waals surface area contributed by atoms with Crippen molar-refractivity contribution in [1.82, 2.24) is 0 Å². The lowest BCUT2D eigenvalue weighted by Gasteiger charge is -2.15. The normalized spacial score (nSPS) is 14.4. The maximum Gasteiger partial charge on any atom is 0.416 e. The van der Waals surface area contributed by atoms with Gasteiger partial charge in [-0.2, -0.15) is 26.3 Å². The van der Waals surface area contributed by atoms with Crippen LogP contribution in [0.25, 0.3) is 0 Å². The topological polar surface area (TPSA) is 60.4 Å². The van der Waals surface area contributed by atoms with Gasteiger partial charge in [0, 0.05) is 0 Å². The van der Waals surface area contributed by atoms with Crippen molar-refractivity contribution in [3.63, 3.8) is 0 Å². The van der Waals surface area contributed by atoms with Crippen LogP contribution in [-0.4, -0.2) is 27.0 Å². The van der Waals surface area contributed by atoms with E-state index in [1.165, 1.54) is 0 Å². The summed E-state index contributed by atoms with van der Waals surface area (Å²) in [7, 11) is -4.86. The summed E-state index contributed by atoms with van der Waals surface area (Å²) in [6.45, 7) is 0. The standard InChI is InChI=1S/C11H7F7O4S/c1-22-9(19)8(12)23(20,21)7-3-5(10(13,14)15)2-6(4-7)11(16,17)18/h2-4,8H,1H3. The van der Waals surface area contributed by atoms with Crippen molar-refractivity contribution in [2.24, 2.45) is 0 Å². The molecule has 23 heavy (non-hydrogen) atoms. The largest absolute Gasteiger partial charge is 0.466 e. The average Bonchev–Trinajstić information content (AvgIpc) is 2.43. The Morgan fingerprint density at radius 2 is 1.39 bits per heavy atom. The predicted molar refractivity (Wildman–Crippen MR) is 60.5 cm³/mol. The van der Waals surface area contributed by atoms with Crippen LogP contribution >= 0.6 is 0 Å². The van der Waals surface area contributed by atoms with Crippen molar-refractivity contribution < 1.29 is 48.7 Å².